The highest BCUT2D eigenvalue weighted by atomic mass is 35.7. The molecule has 0 aliphatic heterocycles. The fraction of sp³-hybridized carbons (Fsp3) is 0.800. The third-order valence-electron chi connectivity index (χ3n) is 1.78. The van der Waals surface area contributed by atoms with Crippen molar-refractivity contribution < 1.29 is 28.9 Å². The lowest BCUT2D eigenvalue weighted by atomic mass is 10.3. The molecule has 0 heterocycles. The monoisotopic (exact) mass is 402 g/mol. The van der Waals surface area contributed by atoms with Crippen LogP contribution in [0.5, 0.6) is 0 Å². The summed E-state index contributed by atoms with van der Waals surface area (Å²) in [5.41, 5.74) is 0. The molecule has 0 saturated heterocycles. The van der Waals surface area contributed by atoms with E-state index in [0.717, 1.165) is 0 Å². The van der Waals surface area contributed by atoms with E-state index in [4.69, 9.17) is 18.6 Å². The van der Waals surface area contributed by atoms with Gasteiger partial charge in [0.1, 0.15) is 0 Å². The van der Waals surface area contributed by atoms with Crippen LogP contribution in [-0.4, -0.2) is 14.2 Å². The molecule has 0 aliphatic rings. The van der Waals surface area contributed by atoms with Crippen LogP contribution in [0.2, 0.25) is 0 Å². The fourth-order valence-electron chi connectivity index (χ4n) is 1.34. The Kier molecular flexibility index (Phi) is 8.27. The van der Waals surface area contributed by atoms with Gasteiger partial charge in [0.2, 0.25) is 0 Å². The van der Waals surface area contributed by atoms with E-state index in [2.05, 4.69) is 62.3 Å². The molecule has 0 bridgehead atoms. The summed E-state index contributed by atoms with van der Waals surface area (Å²) in [5, 5.41) is 0. The summed E-state index contributed by atoms with van der Waals surface area (Å²) in [6.45, 7) is 20.6. The average Bonchev–Trinajstić information content (AvgIpc) is 2.66. The van der Waals surface area contributed by atoms with Crippen molar-refractivity contribution in [1.29, 1.82) is 0 Å². The number of hydrogen-bond acceptors (Lipinski definition) is 7. The second-order valence-corrected chi connectivity index (χ2v) is 14.3. The van der Waals surface area contributed by atoms with Crippen LogP contribution in [0.3, 0.4) is 0 Å². The molecule has 8 heteroatoms. The van der Waals surface area contributed by atoms with Crippen molar-refractivity contribution >= 4 is 35.3 Å². The largest absolute Gasteiger partial charge is 0.252 e. The van der Waals surface area contributed by atoms with Crippen LogP contribution in [0.1, 0.15) is 62.3 Å². The molecule has 136 valence electrons. The number of hydrogen-bond donors (Lipinski definition) is 0. The van der Waals surface area contributed by atoms with Gasteiger partial charge in [0.15, 0.2) is 0 Å². The second-order valence-electron chi connectivity index (χ2n) is 8.01. The van der Waals surface area contributed by atoms with Crippen molar-refractivity contribution in [3.8, 4) is 0 Å². The summed E-state index contributed by atoms with van der Waals surface area (Å²) in [4.78, 5) is 4.63. The van der Waals surface area contributed by atoms with Gasteiger partial charge in [0.05, 0.1) is 0 Å². The first kappa shape index (κ1) is 23.8. The number of rotatable bonds is 3. The van der Waals surface area contributed by atoms with Crippen LogP contribution in [0, 0.1) is 10.2 Å². The molecule has 0 aromatic heterocycles. The molecule has 0 N–H and O–H groups in total. The summed E-state index contributed by atoms with van der Waals surface area (Å²) in [5.74, 6) is 0. The normalized spacial score (nSPS) is 14.0. The molecule has 0 saturated carbocycles. The molecular weight excluding hydrogens is 376 g/mol. The number of halogens is 1. The van der Waals surface area contributed by atoms with Crippen molar-refractivity contribution in [1.82, 2.24) is 0 Å². The van der Waals surface area contributed by atoms with E-state index in [9.17, 15) is 0 Å². The molecule has 0 fully saturated rings. The van der Waals surface area contributed by atoms with Gasteiger partial charge in [-0.3, -0.25) is 0 Å². The Morgan fingerprint density at radius 3 is 1.09 bits per heavy atom. The van der Waals surface area contributed by atoms with Crippen LogP contribution in [-0.2, 0) is 0 Å². The van der Waals surface area contributed by atoms with Gasteiger partial charge in [-0.2, -0.15) is 0 Å². The van der Waals surface area contributed by atoms with Gasteiger partial charge in [0.25, 0.3) is 14.7 Å². The zero-order valence-electron chi connectivity index (χ0n) is 15.2. The van der Waals surface area contributed by atoms with Crippen LogP contribution in [0.25, 0.3) is 0 Å². The standard InChI is InChI=1S/C15H27S3.ClHO4/c1-13(2,3)16-10-11(17-14(4,5)6)12(10)18-15(7,8)9;2-1(3,4)5/h1-9H3;(H,2,3,4,5)/q+1;/p-1. The zero-order valence-corrected chi connectivity index (χ0v) is 18.4. The van der Waals surface area contributed by atoms with Gasteiger partial charge < -0.3 is 0 Å². The van der Waals surface area contributed by atoms with Gasteiger partial charge in [0, 0.05) is 14.2 Å². The van der Waals surface area contributed by atoms with E-state index < -0.39 is 10.2 Å². The van der Waals surface area contributed by atoms with Gasteiger partial charge in [-0.05, 0) is 97.6 Å². The van der Waals surface area contributed by atoms with Gasteiger partial charge in [-0.15, -0.1) is 10.2 Å². The summed E-state index contributed by atoms with van der Waals surface area (Å²) >= 11 is 6.06. The molecule has 1 rings (SSSR count). The molecule has 1 aromatic carbocycles. The molecule has 23 heavy (non-hydrogen) atoms. The molecule has 1 aromatic rings. The molecule has 0 amide bonds. The minimum Gasteiger partial charge on any atom is -0.222 e. The molecule has 0 aliphatic carbocycles. The van der Waals surface area contributed by atoms with E-state index in [-0.39, 0.29) is 0 Å². The van der Waals surface area contributed by atoms with Crippen molar-refractivity contribution in [3.63, 3.8) is 0 Å². The average molecular weight is 403 g/mol. The molecule has 4 nitrogen and oxygen atoms in total. The fourth-order valence-corrected chi connectivity index (χ4v) is 5.13. The quantitative estimate of drug-likeness (QED) is 0.561. The lowest BCUT2D eigenvalue weighted by Crippen LogP contribution is -2.68. The Morgan fingerprint density at radius 2 is 0.913 bits per heavy atom. The lowest BCUT2D eigenvalue weighted by Gasteiger charge is -2.17. The maximum Gasteiger partial charge on any atom is 0.252 e. The first-order valence-electron chi connectivity index (χ1n) is 7.09. The molecule has 0 spiro atoms. The van der Waals surface area contributed by atoms with E-state index in [1.807, 2.05) is 35.3 Å². The third-order valence-corrected chi connectivity index (χ3v) is 5.84. The van der Waals surface area contributed by atoms with Gasteiger partial charge in [-0.25, -0.2) is 18.6 Å². The minimum absolute atomic E-state index is 0.305. The Bertz CT molecular complexity index is 387. The second kappa shape index (κ2) is 7.99. The van der Waals surface area contributed by atoms with Crippen molar-refractivity contribution in [2.45, 2.75) is 91.2 Å². The van der Waals surface area contributed by atoms with Gasteiger partial charge in [-0.1, -0.05) is 0 Å². The first-order valence-corrected chi connectivity index (χ1v) is 10.8. The highest BCUT2D eigenvalue weighted by Gasteiger charge is 2.48. The van der Waals surface area contributed by atoms with E-state index in [0.29, 0.717) is 14.2 Å². The topological polar surface area (TPSA) is 92.2 Å². The van der Waals surface area contributed by atoms with Crippen molar-refractivity contribution in [2.24, 2.45) is 0 Å². The summed E-state index contributed by atoms with van der Waals surface area (Å²) in [6.07, 6.45) is 0. The van der Waals surface area contributed by atoms with Crippen molar-refractivity contribution in [2.75, 3.05) is 0 Å². The molecule has 0 unspecified atom stereocenters. The smallest absolute Gasteiger partial charge is 0.222 e. The first-order chi connectivity index (χ1) is 9.79. The van der Waals surface area contributed by atoms with Crippen LogP contribution >= 0.6 is 35.3 Å². The molecule has 0 atom stereocenters. The van der Waals surface area contributed by atoms with E-state index in [1.54, 1.807) is 14.7 Å². The van der Waals surface area contributed by atoms with Crippen LogP contribution in [0.15, 0.2) is 14.7 Å². The maximum atomic E-state index is 8.49. The highest BCUT2D eigenvalue weighted by Crippen LogP contribution is 2.60. The molecule has 0 radical (unpaired) electrons. The van der Waals surface area contributed by atoms with E-state index in [1.165, 1.54) is 0 Å². The Labute approximate surface area is 155 Å². The number of thioether (sulfide) groups is 3. The predicted molar refractivity (Wildman–Crippen MR) is 90.1 cm³/mol. The zero-order chi connectivity index (χ0) is 18.9. The highest BCUT2D eigenvalue weighted by molar-refractivity contribution is 8.07. The summed E-state index contributed by atoms with van der Waals surface area (Å²) in [6, 6.07) is 0. The molecular formula is C15H27ClO4S3. The summed E-state index contributed by atoms with van der Waals surface area (Å²) < 4.78 is 34.9. The third kappa shape index (κ3) is 14.8. The predicted octanol–water partition coefficient (Wildman–Crippen LogP) is 1.76. The van der Waals surface area contributed by atoms with Gasteiger partial charge >= 0.3 is 0 Å². The minimum atomic E-state index is -4.94. The SMILES string of the molecule is CC(C)(C)Sc1c(SC(C)(C)C)[c+]1SC(C)(C)C.[O-][Cl+3]([O-])([O-])[O-]. The summed E-state index contributed by atoms with van der Waals surface area (Å²) in [7, 11) is -4.94. The Hall–Kier alpha value is 0.790. The Balaban J connectivity index is 0.000000841. The van der Waals surface area contributed by atoms with E-state index >= 15 is 0 Å². The maximum absolute atomic E-state index is 8.49. The van der Waals surface area contributed by atoms with Crippen molar-refractivity contribution in [3.05, 3.63) is 0 Å². The lowest BCUT2D eigenvalue weighted by molar-refractivity contribution is -2.00. The van der Waals surface area contributed by atoms with Crippen LogP contribution in [0.4, 0.5) is 0 Å². The Morgan fingerprint density at radius 1 is 0.652 bits per heavy atom. The van der Waals surface area contributed by atoms with Crippen LogP contribution < -0.4 is 18.6 Å².